The Morgan fingerprint density at radius 1 is 1.00 bits per heavy atom. The third kappa shape index (κ3) is 3.55. The molecule has 0 aliphatic heterocycles. The molecule has 1 nitrogen and oxygen atoms in total. The van der Waals surface area contributed by atoms with E-state index in [0.29, 0.717) is 0 Å². The van der Waals surface area contributed by atoms with E-state index in [4.69, 9.17) is 4.74 Å². The molecule has 0 fully saturated rings. The van der Waals surface area contributed by atoms with Crippen LogP contribution in [-0.2, 0) is 4.74 Å². The minimum atomic E-state index is -4.31. The minimum absolute atomic E-state index is 0.0848. The Bertz CT molecular complexity index is 161. The van der Waals surface area contributed by atoms with Gasteiger partial charge in [-0.2, -0.15) is 13.2 Å². The Hall–Kier alpha value is -0.250. The van der Waals surface area contributed by atoms with Crippen molar-refractivity contribution in [1.29, 1.82) is 0 Å². The molecule has 0 radical (unpaired) electrons. The zero-order valence-corrected chi connectivity index (χ0v) is 8.70. The predicted octanol–water partition coefficient (Wildman–Crippen LogP) is 3.39. The lowest BCUT2D eigenvalue weighted by atomic mass is 10.1. The number of ether oxygens (including phenoxy) is 1. The molecule has 0 spiro atoms. The molecular weight excluding hydrogens is 181 g/mol. The van der Waals surface area contributed by atoms with Gasteiger partial charge in [0.05, 0.1) is 6.10 Å². The van der Waals surface area contributed by atoms with Crippen molar-refractivity contribution in [3.05, 3.63) is 0 Å². The van der Waals surface area contributed by atoms with Gasteiger partial charge in [-0.05, 0) is 26.7 Å². The Kier molecular flexibility index (Phi) is 3.79. The largest absolute Gasteiger partial charge is 0.416 e. The van der Waals surface area contributed by atoms with E-state index >= 15 is 0 Å². The second-order valence-electron chi connectivity index (χ2n) is 4.08. The van der Waals surface area contributed by atoms with Gasteiger partial charge in [-0.25, -0.2) is 0 Å². The summed E-state index contributed by atoms with van der Waals surface area (Å²) in [6.45, 7) is 7.41. The van der Waals surface area contributed by atoms with Crippen LogP contribution in [0.15, 0.2) is 0 Å². The molecule has 0 aromatic rings. The van der Waals surface area contributed by atoms with Crippen LogP contribution in [0.5, 0.6) is 0 Å². The Balaban J connectivity index is 4.34. The summed E-state index contributed by atoms with van der Waals surface area (Å²) in [5, 5.41) is 0. The van der Waals surface area contributed by atoms with E-state index in [1.807, 2.05) is 13.8 Å². The van der Waals surface area contributed by atoms with Crippen molar-refractivity contribution >= 4 is 0 Å². The summed E-state index contributed by atoms with van der Waals surface area (Å²) >= 11 is 0. The van der Waals surface area contributed by atoms with Gasteiger partial charge in [-0.15, -0.1) is 0 Å². The lowest BCUT2D eigenvalue weighted by molar-refractivity contribution is -0.278. The van der Waals surface area contributed by atoms with E-state index in [0.717, 1.165) is 13.8 Å². The van der Waals surface area contributed by atoms with Crippen LogP contribution in [-0.4, -0.2) is 17.9 Å². The molecule has 0 heterocycles. The van der Waals surface area contributed by atoms with Crippen molar-refractivity contribution < 1.29 is 17.9 Å². The van der Waals surface area contributed by atoms with Gasteiger partial charge in [0.2, 0.25) is 0 Å². The average Bonchev–Trinajstić information content (AvgIpc) is 1.83. The fourth-order valence-corrected chi connectivity index (χ4v) is 0.668. The van der Waals surface area contributed by atoms with Crippen LogP contribution in [0.2, 0.25) is 0 Å². The molecule has 0 aliphatic rings. The fourth-order valence-electron chi connectivity index (χ4n) is 0.668. The summed E-state index contributed by atoms with van der Waals surface area (Å²) in [5.74, 6) is 0.0848. The molecule has 0 saturated carbocycles. The maximum Gasteiger partial charge on any atom is 0.416 e. The van der Waals surface area contributed by atoms with E-state index in [9.17, 15) is 13.2 Å². The molecule has 0 bridgehead atoms. The quantitative estimate of drug-likeness (QED) is 0.675. The first kappa shape index (κ1) is 12.8. The molecule has 0 unspecified atom stereocenters. The van der Waals surface area contributed by atoms with Gasteiger partial charge in [-0.1, -0.05) is 13.8 Å². The predicted molar refractivity (Wildman–Crippen MR) is 45.5 cm³/mol. The summed E-state index contributed by atoms with van der Waals surface area (Å²) < 4.78 is 41.9. The van der Waals surface area contributed by atoms with E-state index < -0.39 is 17.9 Å². The minimum Gasteiger partial charge on any atom is -0.363 e. The summed E-state index contributed by atoms with van der Waals surface area (Å²) in [7, 11) is 0. The number of rotatable bonds is 3. The molecule has 13 heavy (non-hydrogen) atoms. The molecule has 0 aliphatic carbocycles. The van der Waals surface area contributed by atoms with Crippen molar-refractivity contribution in [3.8, 4) is 0 Å². The second-order valence-corrected chi connectivity index (χ2v) is 4.08. The maximum atomic E-state index is 12.3. The second kappa shape index (κ2) is 3.86. The summed E-state index contributed by atoms with van der Waals surface area (Å²) in [6.07, 6.45) is -4.70. The van der Waals surface area contributed by atoms with Crippen molar-refractivity contribution in [2.24, 2.45) is 5.92 Å². The highest BCUT2D eigenvalue weighted by Crippen LogP contribution is 2.34. The molecule has 80 valence electrons. The molecule has 0 saturated heterocycles. The summed E-state index contributed by atoms with van der Waals surface area (Å²) in [6, 6.07) is 0. The van der Waals surface area contributed by atoms with Crippen molar-refractivity contribution in [3.63, 3.8) is 0 Å². The van der Waals surface area contributed by atoms with Gasteiger partial charge in [0, 0.05) is 0 Å². The normalized spacial score (nSPS) is 16.4. The highest BCUT2D eigenvalue weighted by Gasteiger charge is 2.49. The number of hydrogen-bond acceptors (Lipinski definition) is 1. The molecule has 0 rings (SSSR count). The van der Waals surface area contributed by atoms with Gasteiger partial charge >= 0.3 is 6.18 Å². The third-order valence-corrected chi connectivity index (χ3v) is 2.10. The molecular formula is C9H17F3O. The van der Waals surface area contributed by atoms with Gasteiger partial charge in [-0.3, -0.25) is 0 Å². The Morgan fingerprint density at radius 3 is 1.62 bits per heavy atom. The van der Waals surface area contributed by atoms with E-state index in [1.165, 1.54) is 0 Å². The smallest absolute Gasteiger partial charge is 0.363 e. The fraction of sp³-hybridized carbons (Fsp3) is 1.00. The van der Waals surface area contributed by atoms with E-state index in [-0.39, 0.29) is 5.92 Å². The first-order valence-corrected chi connectivity index (χ1v) is 4.32. The van der Waals surface area contributed by atoms with Crippen LogP contribution >= 0.6 is 0 Å². The highest BCUT2D eigenvalue weighted by molar-refractivity contribution is 4.79. The third-order valence-electron chi connectivity index (χ3n) is 2.10. The van der Waals surface area contributed by atoms with Crippen LogP contribution in [0.3, 0.4) is 0 Å². The lowest BCUT2D eigenvalue weighted by Crippen LogP contribution is -2.44. The number of halogens is 3. The summed E-state index contributed by atoms with van der Waals surface area (Å²) in [4.78, 5) is 0. The zero-order valence-electron chi connectivity index (χ0n) is 8.70. The van der Waals surface area contributed by atoms with Crippen molar-refractivity contribution in [2.45, 2.75) is 52.5 Å². The van der Waals surface area contributed by atoms with Gasteiger partial charge in [0.15, 0.2) is 5.60 Å². The van der Waals surface area contributed by atoms with Crippen LogP contribution < -0.4 is 0 Å². The van der Waals surface area contributed by atoms with Crippen LogP contribution in [0.1, 0.15) is 34.6 Å². The first-order chi connectivity index (χ1) is 5.58. The molecule has 0 N–H and O–H groups in total. The Morgan fingerprint density at radius 2 is 1.38 bits per heavy atom. The van der Waals surface area contributed by atoms with Gasteiger partial charge in [0.1, 0.15) is 0 Å². The van der Waals surface area contributed by atoms with Crippen LogP contribution in [0.25, 0.3) is 0 Å². The van der Waals surface area contributed by atoms with Crippen LogP contribution in [0, 0.1) is 5.92 Å². The lowest BCUT2D eigenvalue weighted by Gasteiger charge is -2.32. The van der Waals surface area contributed by atoms with E-state index in [2.05, 4.69) is 0 Å². The number of hydrogen-bond donors (Lipinski definition) is 0. The average molecular weight is 198 g/mol. The highest BCUT2D eigenvalue weighted by atomic mass is 19.4. The molecule has 1 atom stereocenters. The van der Waals surface area contributed by atoms with Gasteiger partial charge in [0.25, 0.3) is 0 Å². The first-order valence-electron chi connectivity index (χ1n) is 4.32. The molecule has 0 amide bonds. The van der Waals surface area contributed by atoms with Crippen molar-refractivity contribution in [2.75, 3.05) is 0 Å². The number of alkyl halides is 3. The van der Waals surface area contributed by atoms with E-state index in [1.54, 1.807) is 6.92 Å². The topological polar surface area (TPSA) is 9.23 Å². The standard InChI is InChI=1S/C9H17F3O/c1-6(2)7(3)13-8(4,5)9(10,11)12/h6-7H,1-5H3/t7-/m1/s1. The zero-order chi connectivity index (χ0) is 10.9. The monoisotopic (exact) mass is 198 g/mol. The Labute approximate surface area is 77.3 Å². The molecule has 0 aromatic heterocycles. The SMILES string of the molecule is CC(C)[C@@H](C)OC(C)(C)C(F)(F)F. The van der Waals surface area contributed by atoms with Gasteiger partial charge < -0.3 is 4.74 Å². The molecule has 4 heteroatoms. The van der Waals surface area contributed by atoms with Crippen LogP contribution in [0.4, 0.5) is 13.2 Å². The summed E-state index contributed by atoms with van der Waals surface area (Å²) in [5.41, 5.74) is -2.06. The molecule has 0 aromatic carbocycles. The maximum absolute atomic E-state index is 12.3. The van der Waals surface area contributed by atoms with Crippen molar-refractivity contribution in [1.82, 2.24) is 0 Å².